The topological polar surface area (TPSA) is 313 Å². The Kier molecular flexibility index (Phi) is 10.7. The van der Waals surface area contributed by atoms with Gasteiger partial charge in [0.25, 0.3) is 5.91 Å². The molecule has 1 aliphatic heterocycles. The number of hydrogen-bond acceptors (Lipinski definition) is 14. The Morgan fingerprint density at radius 1 is 0.980 bits per heavy atom. The lowest BCUT2D eigenvalue weighted by Crippen LogP contribution is -2.29. The van der Waals surface area contributed by atoms with E-state index in [1.54, 1.807) is 18.2 Å². The molecule has 8 N–H and O–H groups in total. The number of nitrogens with one attached hydrogen (secondary N) is 1. The van der Waals surface area contributed by atoms with Crippen molar-refractivity contribution in [3.8, 4) is 0 Å². The average Bonchev–Trinajstić information content (AvgIpc) is 3.39. The second-order valence-corrected chi connectivity index (χ2v) is 15.1. The third-order valence-electron chi connectivity index (χ3n) is 7.21. The Labute approximate surface area is 280 Å². The number of hydrogen-bond donors (Lipinski definition) is 7. The Morgan fingerprint density at radius 3 is 2.28 bits per heavy atom. The minimum absolute atomic E-state index is 0.0501. The van der Waals surface area contributed by atoms with Crippen LogP contribution >= 0.6 is 23.5 Å². The second kappa shape index (κ2) is 14.3. The predicted octanol–water partition coefficient (Wildman–Crippen LogP) is 1.04. The van der Waals surface area contributed by atoms with Crippen LogP contribution in [0.1, 0.15) is 60.4 Å². The first-order chi connectivity index (χ1) is 23.3. The molecule has 2 aromatic carbocycles. The first-order valence-electron chi connectivity index (χ1n) is 14.1. The summed E-state index contributed by atoms with van der Waals surface area (Å²) < 4.78 is 52.5. The summed E-state index contributed by atoms with van der Waals surface area (Å²) >= 11 is 0. The molecule has 2 aliphatic rings. The van der Waals surface area contributed by atoms with Crippen molar-refractivity contribution < 1.29 is 70.6 Å². The van der Waals surface area contributed by atoms with E-state index in [0.717, 1.165) is 4.57 Å². The summed E-state index contributed by atoms with van der Waals surface area (Å²) in [5.74, 6) is -1.46. The molecule has 1 amide bonds. The Hall–Kier alpha value is -4.00. The van der Waals surface area contributed by atoms with E-state index in [-0.39, 0.29) is 63.7 Å². The Morgan fingerprint density at radius 2 is 1.62 bits per heavy atom. The van der Waals surface area contributed by atoms with Gasteiger partial charge in [0.15, 0.2) is 11.6 Å². The zero-order valence-electron chi connectivity index (χ0n) is 25.2. The predicted molar refractivity (Wildman–Crippen MR) is 168 cm³/mol. The number of benzene rings is 2. The van der Waals surface area contributed by atoms with E-state index >= 15 is 0 Å². The summed E-state index contributed by atoms with van der Waals surface area (Å²) in [6.45, 7) is -1.00. The highest BCUT2D eigenvalue weighted by Crippen LogP contribution is 2.66. The maximum Gasteiger partial charge on any atom is 0.490 e. The van der Waals surface area contributed by atoms with Crippen LogP contribution in [0.15, 0.2) is 59.5 Å². The van der Waals surface area contributed by atoms with Gasteiger partial charge in [-0.05, 0) is 18.2 Å². The normalized spacial score (nSPS) is 21.3. The average molecular weight is 756 g/mol. The van der Waals surface area contributed by atoms with Crippen molar-refractivity contribution in [2.45, 2.75) is 24.9 Å². The lowest BCUT2D eigenvalue weighted by Gasteiger charge is -2.19. The van der Waals surface area contributed by atoms with Crippen molar-refractivity contribution in [3.63, 3.8) is 0 Å². The molecule has 2 unspecified atom stereocenters. The molecule has 1 saturated heterocycles. The van der Waals surface area contributed by atoms with Gasteiger partial charge in [-0.25, -0.2) is 18.5 Å². The van der Waals surface area contributed by atoms with Crippen LogP contribution in [-0.4, -0.2) is 77.1 Å². The number of rotatable bonds is 12. The van der Waals surface area contributed by atoms with Crippen molar-refractivity contribution in [1.82, 2.24) is 14.9 Å². The van der Waals surface area contributed by atoms with E-state index in [9.17, 15) is 47.8 Å². The number of nitrogens with zero attached hydrogens (tertiary/aromatic N) is 2. The minimum atomic E-state index is -5.76. The fourth-order valence-corrected chi connectivity index (χ4v) is 8.05. The zero-order chi connectivity index (χ0) is 36.6. The number of aliphatic hydroxyl groups excluding tert-OH is 1. The van der Waals surface area contributed by atoms with Crippen LogP contribution in [0.25, 0.3) is 6.08 Å². The van der Waals surface area contributed by atoms with Crippen molar-refractivity contribution in [2.75, 3.05) is 18.9 Å². The van der Waals surface area contributed by atoms with Crippen molar-refractivity contribution in [3.05, 3.63) is 98.6 Å². The number of aliphatic hydroxyl groups is 1. The van der Waals surface area contributed by atoms with Crippen LogP contribution < -0.4 is 16.7 Å². The van der Waals surface area contributed by atoms with E-state index in [2.05, 4.69) is 23.4 Å². The summed E-state index contributed by atoms with van der Waals surface area (Å²) in [6.07, 6.45) is -0.183. The molecule has 5 atom stereocenters. The van der Waals surface area contributed by atoms with Crippen LogP contribution in [-0.2, 0) is 31.6 Å². The van der Waals surface area contributed by atoms with Gasteiger partial charge in [-0.2, -0.15) is 13.6 Å². The van der Waals surface area contributed by atoms with E-state index in [1.807, 2.05) is 0 Å². The summed E-state index contributed by atoms with van der Waals surface area (Å²) in [5, 5.41) is 13.0. The van der Waals surface area contributed by atoms with Gasteiger partial charge in [-0.3, -0.25) is 23.5 Å². The number of amides is 1. The smallest absolute Gasteiger partial charge is 0.390 e. The van der Waals surface area contributed by atoms with Gasteiger partial charge in [0.1, 0.15) is 18.1 Å². The van der Waals surface area contributed by atoms with Gasteiger partial charge in [0, 0.05) is 52.5 Å². The first-order valence-corrected chi connectivity index (χ1v) is 18.6. The number of nitrogen functional groups attached to an aromatic ring is 1. The molecule has 20 nitrogen and oxygen atoms in total. The maximum absolute atomic E-state index is 13.0. The van der Waals surface area contributed by atoms with Gasteiger partial charge < -0.3 is 40.5 Å². The molecule has 0 bridgehead atoms. The molecular weight excluding hydrogens is 729 g/mol. The number of carbonyl (C=O) groups is 3. The number of fused-ring (bicyclic) bond motifs is 2. The minimum Gasteiger partial charge on any atom is -0.390 e. The maximum atomic E-state index is 13.0. The number of aromatic nitrogens is 2. The number of phosphoric ester groups is 1. The second-order valence-electron chi connectivity index (χ2n) is 10.7. The molecule has 3 aromatic rings. The number of anilines is 1. The number of phosphoric acid groups is 3. The molecule has 0 spiro atoms. The van der Waals surface area contributed by atoms with Crippen LogP contribution in [0.2, 0.25) is 0 Å². The van der Waals surface area contributed by atoms with E-state index in [0.29, 0.717) is 0 Å². The monoisotopic (exact) mass is 756 g/mol. The summed E-state index contributed by atoms with van der Waals surface area (Å²) in [4.78, 5) is 91.1. The Balaban J connectivity index is 1.20. The molecule has 0 radical (unpaired) electrons. The summed E-state index contributed by atoms with van der Waals surface area (Å²) in [7, 11) is -16.9. The molecule has 1 fully saturated rings. The number of carbonyl (C=O) groups excluding carboxylic acids is 3. The molecule has 23 heteroatoms. The van der Waals surface area contributed by atoms with Gasteiger partial charge in [0.05, 0.1) is 12.7 Å². The molecule has 266 valence electrons. The highest BCUT2D eigenvalue weighted by Gasteiger charge is 2.43. The van der Waals surface area contributed by atoms with Crippen molar-refractivity contribution >= 4 is 52.8 Å². The molecule has 0 saturated carbocycles. The van der Waals surface area contributed by atoms with Crippen LogP contribution in [0.3, 0.4) is 0 Å². The molecule has 50 heavy (non-hydrogen) atoms. The standard InChI is InChI=1S/C27H27N4O16P3/c28-25-15(4-3-9-29-26(35)14-7-8-18-19(10-14)24(34)17-6-2-1-5-16(17)23(18)33)12-31(27(36)30-25)22-11-20(32)21(45-22)13-44-49(40,41)47-50(42,43)46-48(37,38)39/h1-8,10,12,20-22,32H,9,11,13H2,(H,29,35)(H,40,41)(H,42,43)(H2,28,30,36)(H2,37,38,39)/b4-3+/t20-,21+,22+/m0/s1. The number of ketones is 2. The third-order valence-corrected chi connectivity index (χ3v) is 11.0. The van der Waals surface area contributed by atoms with Crippen molar-refractivity contribution in [1.29, 1.82) is 0 Å². The highest BCUT2D eigenvalue weighted by molar-refractivity contribution is 7.66. The van der Waals surface area contributed by atoms with E-state index < -0.39 is 60.1 Å². The molecule has 1 aliphatic carbocycles. The van der Waals surface area contributed by atoms with E-state index in [1.165, 1.54) is 42.6 Å². The van der Waals surface area contributed by atoms with Crippen LogP contribution in [0.4, 0.5) is 5.82 Å². The first kappa shape index (κ1) is 37.3. The number of nitrogens with two attached hydrogens (primary N) is 1. The summed E-state index contributed by atoms with van der Waals surface area (Å²) in [6, 6.07) is 10.6. The van der Waals surface area contributed by atoms with Gasteiger partial charge in [-0.1, -0.05) is 36.4 Å². The molecular formula is C27H27N4O16P3. The molecule has 1 aromatic heterocycles. The Bertz CT molecular complexity index is 2110. The fraction of sp³-hybridized carbons (Fsp3) is 0.222. The highest BCUT2D eigenvalue weighted by atomic mass is 31.3. The SMILES string of the molecule is Nc1nc(=O)n([C@H]2C[C@H](O)[C@@H](COP(=O)(O)OP(=O)(O)OP(=O)(O)O)O2)cc1/C=C/CNC(=O)c1ccc2c(c1)C(=O)c1ccccc1C2=O. The molecule has 5 rings (SSSR count). The van der Waals surface area contributed by atoms with Crippen LogP contribution in [0, 0.1) is 0 Å². The lowest BCUT2D eigenvalue weighted by molar-refractivity contribution is -0.0449. The fourth-order valence-electron chi connectivity index (χ4n) is 5.02. The largest absolute Gasteiger partial charge is 0.490 e. The van der Waals surface area contributed by atoms with Crippen molar-refractivity contribution in [2.24, 2.45) is 0 Å². The lowest BCUT2D eigenvalue weighted by atomic mass is 9.83. The zero-order valence-corrected chi connectivity index (χ0v) is 27.9. The van der Waals surface area contributed by atoms with Gasteiger partial charge in [0.2, 0.25) is 0 Å². The van der Waals surface area contributed by atoms with Gasteiger partial charge >= 0.3 is 29.2 Å². The molecule has 2 heterocycles. The van der Waals surface area contributed by atoms with Gasteiger partial charge in [-0.15, -0.1) is 0 Å². The number of ether oxygens (including phenoxy) is 1. The summed E-state index contributed by atoms with van der Waals surface area (Å²) in [5.41, 5.74) is 6.11. The van der Waals surface area contributed by atoms with Crippen LogP contribution in [0.5, 0.6) is 0 Å². The third kappa shape index (κ3) is 8.65. The quantitative estimate of drug-likeness (QED) is 0.0993. The van der Waals surface area contributed by atoms with E-state index in [4.69, 9.17) is 20.3 Å².